The molecule has 1 aromatic heterocycles. The number of hydrogen-bond acceptors (Lipinski definition) is 5. The van der Waals surface area contributed by atoms with Crippen LogP contribution >= 0.6 is 27.7 Å². The van der Waals surface area contributed by atoms with E-state index in [4.69, 9.17) is 4.74 Å². The number of halogens is 1. The van der Waals surface area contributed by atoms with Crippen LogP contribution in [0.4, 0.5) is 5.69 Å². The van der Waals surface area contributed by atoms with E-state index in [9.17, 15) is 9.90 Å². The van der Waals surface area contributed by atoms with Crippen LogP contribution in [-0.4, -0.2) is 27.3 Å². The molecular weight excluding hydrogens is 560 g/mol. The summed E-state index contributed by atoms with van der Waals surface area (Å²) in [5.74, 6) is -0.690. The number of aryl methyl sites for hydroxylation is 1. The van der Waals surface area contributed by atoms with Gasteiger partial charge in [0, 0.05) is 28.2 Å². The van der Waals surface area contributed by atoms with Gasteiger partial charge in [0.2, 0.25) is 0 Å². The van der Waals surface area contributed by atoms with E-state index >= 15 is 0 Å². The molecule has 0 amide bonds. The molecule has 0 spiro atoms. The maximum atomic E-state index is 12.8. The Hall–Kier alpha value is -3.55. The van der Waals surface area contributed by atoms with Crippen LogP contribution in [0.15, 0.2) is 105 Å². The summed E-state index contributed by atoms with van der Waals surface area (Å²) in [4.78, 5) is 18.0. The fourth-order valence-electron chi connectivity index (χ4n) is 4.53. The lowest BCUT2D eigenvalue weighted by Crippen LogP contribution is -2.12. The second-order valence-corrected chi connectivity index (χ2v) is 10.8. The number of thioether (sulfide) groups is 1. The summed E-state index contributed by atoms with van der Waals surface area (Å²) in [6.45, 7) is 4.83. The molecular formula is C31H27BrN2O3S. The van der Waals surface area contributed by atoms with Crippen molar-refractivity contribution in [2.75, 3.05) is 6.61 Å². The van der Waals surface area contributed by atoms with Gasteiger partial charge in [-0.2, -0.15) is 0 Å². The molecule has 7 heteroatoms. The number of carbonyl (C=O) groups is 1. The zero-order valence-electron chi connectivity index (χ0n) is 21.1. The third kappa shape index (κ3) is 5.35. The predicted molar refractivity (Wildman–Crippen MR) is 160 cm³/mol. The van der Waals surface area contributed by atoms with E-state index in [0.29, 0.717) is 22.2 Å². The zero-order chi connectivity index (χ0) is 26.6. The molecule has 0 aliphatic carbocycles. The topological polar surface area (TPSA) is 63.8 Å². The minimum atomic E-state index is -0.582. The van der Waals surface area contributed by atoms with Crippen LogP contribution in [0.3, 0.4) is 0 Å². The van der Waals surface area contributed by atoms with Crippen molar-refractivity contribution in [3.8, 4) is 0 Å². The summed E-state index contributed by atoms with van der Waals surface area (Å²) in [5, 5.41) is 12.7. The third-order valence-electron chi connectivity index (χ3n) is 6.30. The van der Waals surface area contributed by atoms with E-state index < -0.39 is 5.97 Å². The Morgan fingerprint density at radius 3 is 2.53 bits per heavy atom. The fourth-order valence-corrected chi connectivity index (χ4v) is 5.82. The first-order valence-electron chi connectivity index (χ1n) is 12.5. The lowest BCUT2D eigenvalue weighted by Gasteiger charge is -2.09. The second kappa shape index (κ2) is 11.5. The van der Waals surface area contributed by atoms with Gasteiger partial charge in [0.1, 0.15) is 16.4 Å². The Morgan fingerprint density at radius 1 is 1.05 bits per heavy atom. The number of aliphatic hydroxyl groups is 1. The molecule has 0 bridgehead atoms. The number of para-hydroxylation sites is 2. The first-order chi connectivity index (χ1) is 18.5. The standard InChI is InChI=1S/C31H27BrN2O3S/c1-3-21-9-8-12-25-22(19-34(28(21)25)18-20-13-15-23(32)16-14-20)17-26-29(35)27(31(36)37-4-2)30(38-26)33-24-10-6-5-7-11-24/h5-17,19,35H,3-4,18H2,1-2H3/b26-17-,33-30?. The van der Waals surface area contributed by atoms with Gasteiger partial charge in [-0.15, -0.1) is 0 Å². The number of rotatable bonds is 7. The molecule has 0 fully saturated rings. The highest BCUT2D eigenvalue weighted by atomic mass is 79.9. The average molecular weight is 588 g/mol. The van der Waals surface area contributed by atoms with Gasteiger partial charge < -0.3 is 14.4 Å². The largest absolute Gasteiger partial charge is 0.506 e. The van der Waals surface area contributed by atoms with Crippen LogP contribution in [-0.2, 0) is 22.5 Å². The van der Waals surface area contributed by atoms with Crippen LogP contribution in [0.5, 0.6) is 0 Å². The molecule has 1 N–H and O–H groups in total. The molecule has 0 unspecified atom stereocenters. The van der Waals surface area contributed by atoms with Gasteiger partial charge in [0.25, 0.3) is 0 Å². The first kappa shape index (κ1) is 26.1. The van der Waals surface area contributed by atoms with Crippen LogP contribution in [0.25, 0.3) is 17.0 Å². The lowest BCUT2D eigenvalue weighted by atomic mass is 10.1. The number of esters is 1. The van der Waals surface area contributed by atoms with Crippen molar-refractivity contribution >= 4 is 61.4 Å². The van der Waals surface area contributed by atoms with E-state index in [1.165, 1.54) is 28.4 Å². The number of aliphatic imine (C=N–C) groups is 1. The van der Waals surface area contributed by atoms with Crippen molar-refractivity contribution in [2.24, 2.45) is 4.99 Å². The Kier molecular flexibility index (Phi) is 7.86. The lowest BCUT2D eigenvalue weighted by molar-refractivity contribution is -0.138. The molecule has 2 heterocycles. The average Bonchev–Trinajstić information content (AvgIpc) is 3.42. The van der Waals surface area contributed by atoms with Gasteiger partial charge in [-0.1, -0.05) is 83.1 Å². The highest BCUT2D eigenvalue weighted by Gasteiger charge is 2.33. The minimum Gasteiger partial charge on any atom is -0.506 e. The third-order valence-corrected chi connectivity index (χ3v) is 7.85. The number of hydrogen-bond donors (Lipinski definition) is 1. The molecule has 5 rings (SSSR count). The van der Waals surface area contributed by atoms with E-state index in [-0.39, 0.29) is 17.9 Å². The summed E-state index contributed by atoms with van der Waals surface area (Å²) in [6, 6.07) is 24.0. The molecule has 3 aromatic carbocycles. The van der Waals surface area contributed by atoms with Gasteiger partial charge in [0.05, 0.1) is 22.7 Å². The Bertz CT molecular complexity index is 1580. The number of aromatic nitrogens is 1. The van der Waals surface area contributed by atoms with Crippen molar-refractivity contribution in [1.29, 1.82) is 0 Å². The summed E-state index contributed by atoms with van der Waals surface area (Å²) < 4.78 is 8.56. The SMILES string of the molecule is CCOC(=O)C1=C(O)/C(=C/c2cn(Cc3ccc(Br)cc3)c3c(CC)cccc23)SC1=Nc1ccccc1. The van der Waals surface area contributed by atoms with E-state index in [2.05, 4.69) is 68.9 Å². The van der Waals surface area contributed by atoms with Gasteiger partial charge in [-0.05, 0) is 54.8 Å². The van der Waals surface area contributed by atoms with Crippen molar-refractivity contribution in [2.45, 2.75) is 26.8 Å². The predicted octanol–water partition coefficient (Wildman–Crippen LogP) is 8.21. The van der Waals surface area contributed by atoms with Crippen LogP contribution in [0, 0.1) is 0 Å². The highest BCUT2D eigenvalue weighted by Crippen LogP contribution is 2.41. The van der Waals surface area contributed by atoms with Crippen molar-refractivity contribution in [3.05, 3.63) is 116 Å². The number of benzene rings is 3. The highest BCUT2D eigenvalue weighted by molar-refractivity contribution is 9.10. The maximum Gasteiger partial charge on any atom is 0.344 e. The molecule has 38 heavy (non-hydrogen) atoms. The van der Waals surface area contributed by atoms with Crippen LogP contribution < -0.4 is 0 Å². The van der Waals surface area contributed by atoms with Gasteiger partial charge in [0.15, 0.2) is 0 Å². The maximum absolute atomic E-state index is 12.8. The number of nitrogens with zero attached hydrogens (tertiary/aromatic N) is 2. The summed E-state index contributed by atoms with van der Waals surface area (Å²) in [5.41, 5.74) is 5.37. The molecule has 192 valence electrons. The summed E-state index contributed by atoms with van der Waals surface area (Å²) in [7, 11) is 0. The zero-order valence-corrected chi connectivity index (χ0v) is 23.6. The van der Waals surface area contributed by atoms with Crippen LogP contribution in [0.1, 0.15) is 30.5 Å². The van der Waals surface area contributed by atoms with Crippen LogP contribution in [0.2, 0.25) is 0 Å². The summed E-state index contributed by atoms with van der Waals surface area (Å²) in [6.07, 6.45) is 4.95. The number of carbonyl (C=O) groups excluding carboxylic acids is 1. The molecule has 5 nitrogen and oxygen atoms in total. The van der Waals surface area contributed by atoms with E-state index in [0.717, 1.165) is 21.8 Å². The molecule has 0 saturated carbocycles. The molecule has 1 aliphatic heterocycles. The van der Waals surface area contributed by atoms with Crippen molar-refractivity contribution in [3.63, 3.8) is 0 Å². The Morgan fingerprint density at radius 2 is 1.82 bits per heavy atom. The van der Waals surface area contributed by atoms with E-state index in [1.54, 1.807) is 6.92 Å². The van der Waals surface area contributed by atoms with Crippen molar-refractivity contribution < 1.29 is 14.6 Å². The molecule has 0 radical (unpaired) electrons. The Balaban J connectivity index is 1.61. The molecule has 0 saturated heterocycles. The quantitative estimate of drug-likeness (QED) is 0.222. The number of fused-ring (bicyclic) bond motifs is 1. The first-order valence-corrected chi connectivity index (χ1v) is 14.1. The molecule has 1 aliphatic rings. The number of ether oxygens (including phenoxy) is 1. The van der Waals surface area contributed by atoms with Gasteiger partial charge in [-0.25, -0.2) is 9.79 Å². The summed E-state index contributed by atoms with van der Waals surface area (Å²) >= 11 is 4.79. The van der Waals surface area contributed by atoms with Gasteiger partial charge >= 0.3 is 5.97 Å². The normalized spacial score (nSPS) is 15.7. The van der Waals surface area contributed by atoms with Crippen molar-refractivity contribution in [1.82, 2.24) is 4.57 Å². The molecule has 0 atom stereocenters. The number of aliphatic hydroxyl groups excluding tert-OH is 1. The minimum absolute atomic E-state index is 0.0970. The fraction of sp³-hybridized carbons (Fsp3) is 0.161. The smallest absolute Gasteiger partial charge is 0.344 e. The second-order valence-electron chi connectivity index (χ2n) is 8.81. The molecule has 4 aromatic rings. The monoisotopic (exact) mass is 586 g/mol. The van der Waals surface area contributed by atoms with E-state index in [1.807, 2.05) is 48.5 Å². The Labute approximate surface area is 234 Å². The van der Waals surface area contributed by atoms with Gasteiger partial charge in [-0.3, -0.25) is 0 Å².